The largest absolute Gasteiger partial charge is 0.454 e. The number of nitrogens with one attached hydrogen (secondary N) is 1. The first-order valence-corrected chi connectivity index (χ1v) is 12.1. The van der Waals surface area contributed by atoms with Crippen molar-refractivity contribution in [1.29, 1.82) is 0 Å². The molecular formula is C24H19F3N2O5S. The zero-order chi connectivity index (χ0) is 25.0. The van der Waals surface area contributed by atoms with E-state index in [2.05, 4.69) is 5.32 Å². The van der Waals surface area contributed by atoms with Crippen LogP contribution < -0.4 is 19.9 Å². The minimum absolute atomic E-state index is 0.0622. The summed E-state index contributed by atoms with van der Waals surface area (Å²) in [7, 11) is -4.06. The first-order valence-electron chi connectivity index (χ1n) is 10.5. The standard InChI is InChI=1S/C24H19F3N2O5S/c25-24(26,27)17-8-15(14-2-1-3-19(10-14)35(28,31)32)9-18(11-17)29-22(30)23(6-7-23)16-4-5-20-21(12-16)34-13-33-20/h1-5,8-12H,6-7,13H2,(H,29,30)(H2,28,31,32). The molecule has 1 fully saturated rings. The SMILES string of the molecule is NS(=O)(=O)c1cccc(-c2cc(NC(=O)C3(c4ccc5c(c4)OCO5)CC3)cc(C(F)(F)F)c2)c1. The van der Waals surface area contributed by atoms with Crippen LogP contribution in [-0.4, -0.2) is 21.1 Å². The molecule has 1 amide bonds. The van der Waals surface area contributed by atoms with E-state index in [-0.39, 0.29) is 28.5 Å². The van der Waals surface area contributed by atoms with E-state index in [1.807, 2.05) is 0 Å². The molecule has 2 aliphatic rings. The van der Waals surface area contributed by atoms with Crippen LogP contribution in [-0.2, 0) is 26.4 Å². The van der Waals surface area contributed by atoms with Crippen molar-refractivity contribution in [2.45, 2.75) is 29.3 Å². The number of benzene rings is 3. The van der Waals surface area contributed by atoms with Crippen molar-refractivity contribution in [3.8, 4) is 22.6 Å². The van der Waals surface area contributed by atoms with Crippen molar-refractivity contribution in [3.05, 3.63) is 71.8 Å². The quantitative estimate of drug-likeness (QED) is 0.535. The number of primary sulfonamides is 1. The second-order valence-corrected chi connectivity index (χ2v) is 10.0. The lowest BCUT2D eigenvalue weighted by atomic mass is 9.94. The fraction of sp³-hybridized carbons (Fsp3) is 0.208. The Balaban J connectivity index is 1.50. The summed E-state index contributed by atoms with van der Waals surface area (Å²) < 4.78 is 75.0. The van der Waals surface area contributed by atoms with E-state index in [1.165, 1.54) is 30.3 Å². The van der Waals surface area contributed by atoms with Crippen molar-refractivity contribution in [2.24, 2.45) is 5.14 Å². The van der Waals surface area contributed by atoms with E-state index < -0.39 is 33.1 Å². The molecule has 0 spiro atoms. The summed E-state index contributed by atoms with van der Waals surface area (Å²) in [6.07, 6.45) is -3.64. The van der Waals surface area contributed by atoms with Gasteiger partial charge in [-0.3, -0.25) is 4.79 Å². The highest BCUT2D eigenvalue weighted by atomic mass is 32.2. The van der Waals surface area contributed by atoms with Crippen molar-refractivity contribution < 1.29 is 35.9 Å². The molecule has 11 heteroatoms. The van der Waals surface area contributed by atoms with E-state index in [0.717, 1.165) is 12.1 Å². The Morgan fingerprint density at radius 1 is 0.943 bits per heavy atom. The lowest BCUT2D eigenvalue weighted by Crippen LogP contribution is -2.28. The van der Waals surface area contributed by atoms with Crippen LogP contribution in [0.25, 0.3) is 11.1 Å². The molecule has 3 aromatic rings. The molecular weight excluding hydrogens is 485 g/mol. The number of nitrogens with two attached hydrogens (primary N) is 1. The summed E-state index contributed by atoms with van der Waals surface area (Å²) >= 11 is 0. The third-order valence-corrected chi connectivity index (χ3v) is 7.03. The highest BCUT2D eigenvalue weighted by Crippen LogP contribution is 2.51. The average Bonchev–Trinajstić information content (AvgIpc) is 3.49. The zero-order valence-corrected chi connectivity index (χ0v) is 18.9. The monoisotopic (exact) mass is 504 g/mol. The number of carbonyl (C=O) groups is 1. The first-order chi connectivity index (χ1) is 16.5. The zero-order valence-electron chi connectivity index (χ0n) is 18.1. The summed E-state index contributed by atoms with van der Waals surface area (Å²) in [4.78, 5) is 13.0. The predicted molar refractivity (Wildman–Crippen MR) is 120 cm³/mol. The van der Waals surface area contributed by atoms with Crippen LogP contribution in [0.5, 0.6) is 11.5 Å². The van der Waals surface area contributed by atoms with Gasteiger partial charge in [-0.2, -0.15) is 13.2 Å². The van der Waals surface area contributed by atoms with E-state index in [4.69, 9.17) is 14.6 Å². The minimum atomic E-state index is -4.69. The van der Waals surface area contributed by atoms with Gasteiger partial charge in [-0.15, -0.1) is 0 Å². The van der Waals surface area contributed by atoms with E-state index in [0.29, 0.717) is 29.9 Å². The molecule has 1 aliphatic carbocycles. The number of carbonyl (C=O) groups excluding carboxylic acids is 1. The predicted octanol–water partition coefficient (Wildman–Crippen LogP) is 4.42. The molecule has 7 nitrogen and oxygen atoms in total. The van der Waals surface area contributed by atoms with Gasteiger partial charge in [0.2, 0.25) is 22.7 Å². The normalized spacial score (nSPS) is 16.1. The number of hydrogen-bond acceptors (Lipinski definition) is 5. The molecule has 0 aromatic heterocycles. The molecule has 3 aromatic carbocycles. The van der Waals surface area contributed by atoms with Gasteiger partial charge < -0.3 is 14.8 Å². The van der Waals surface area contributed by atoms with Crippen LogP contribution in [0.3, 0.4) is 0 Å². The number of halogens is 3. The fourth-order valence-electron chi connectivity index (χ4n) is 4.10. The number of sulfonamides is 1. The van der Waals surface area contributed by atoms with Gasteiger partial charge in [0.05, 0.1) is 15.9 Å². The van der Waals surface area contributed by atoms with Crippen molar-refractivity contribution in [1.82, 2.24) is 0 Å². The fourth-order valence-corrected chi connectivity index (χ4v) is 4.66. The number of anilines is 1. The van der Waals surface area contributed by atoms with Gasteiger partial charge in [0, 0.05) is 5.69 Å². The lowest BCUT2D eigenvalue weighted by Gasteiger charge is -2.18. The summed E-state index contributed by atoms with van der Waals surface area (Å²) in [5, 5.41) is 7.79. The van der Waals surface area contributed by atoms with Crippen LogP contribution >= 0.6 is 0 Å². The Labute approximate surface area is 198 Å². The van der Waals surface area contributed by atoms with E-state index >= 15 is 0 Å². The Bertz CT molecular complexity index is 1450. The molecule has 1 aliphatic heterocycles. The number of amides is 1. The summed E-state index contributed by atoms with van der Waals surface area (Å²) in [5.74, 6) is 0.631. The number of alkyl halides is 3. The minimum Gasteiger partial charge on any atom is -0.454 e. The summed E-state index contributed by atoms with van der Waals surface area (Å²) in [5.41, 5.74) is -0.967. The molecule has 0 bridgehead atoms. The van der Waals surface area contributed by atoms with Gasteiger partial charge in [-0.05, 0) is 72.0 Å². The smallest absolute Gasteiger partial charge is 0.416 e. The van der Waals surface area contributed by atoms with Gasteiger partial charge >= 0.3 is 6.18 Å². The Morgan fingerprint density at radius 3 is 2.37 bits per heavy atom. The number of hydrogen-bond donors (Lipinski definition) is 2. The highest BCUT2D eigenvalue weighted by Gasteiger charge is 2.51. The van der Waals surface area contributed by atoms with Gasteiger partial charge in [-0.25, -0.2) is 13.6 Å². The van der Waals surface area contributed by atoms with Crippen molar-refractivity contribution in [3.63, 3.8) is 0 Å². The molecule has 3 N–H and O–H groups in total. The van der Waals surface area contributed by atoms with Gasteiger partial charge in [0.1, 0.15) is 0 Å². The van der Waals surface area contributed by atoms with E-state index in [9.17, 15) is 26.4 Å². The number of ether oxygens (including phenoxy) is 2. The summed E-state index contributed by atoms with van der Waals surface area (Å²) in [6, 6.07) is 13.5. The molecule has 0 radical (unpaired) electrons. The third kappa shape index (κ3) is 4.44. The average molecular weight is 504 g/mol. The van der Waals surface area contributed by atoms with Crippen LogP contribution in [0.15, 0.2) is 65.6 Å². The number of rotatable bonds is 5. The lowest BCUT2D eigenvalue weighted by molar-refractivity contribution is -0.137. The molecule has 182 valence electrons. The van der Waals surface area contributed by atoms with Gasteiger partial charge in [0.25, 0.3) is 0 Å². The van der Waals surface area contributed by atoms with Crippen LogP contribution in [0.2, 0.25) is 0 Å². The summed E-state index contributed by atoms with van der Waals surface area (Å²) in [6.45, 7) is 0.0810. The molecule has 0 unspecified atom stereocenters. The second kappa shape index (κ2) is 7.99. The van der Waals surface area contributed by atoms with Crippen LogP contribution in [0.4, 0.5) is 18.9 Å². The topological polar surface area (TPSA) is 108 Å². The van der Waals surface area contributed by atoms with E-state index in [1.54, 1.807) is 18.2 Å². The first kappa shape index (κ1) is 23.2. The third-order valence-electron chi connectivity index (χ3n) is 6.12. The molecule has 0 saturated heterocycles. The Morgan fingerprint density at radius 2 is 1.69 bits per heavy atom. The second-order valence-electron chi connectivity index (χ2n) is 8.47. The Hall–Kier alpha value is -3.57. The Kier molecular flexibility index (Phi) is 5.29. The van der Waals surface area contributed by atoms with Gasteiger partial charge in [-0.1, -0.05) is 18.2 Å². The maximum absolute atomic E-state index is 13.7. The van der Waals surface area contributed by atoms with Crippen LogP contribution in [0, 0.1) is 0 Å². The number of fused-ring (bicyclic) bond motifs is 1. The van der Waals surface area contributed by atoms with Crippen molar-refractivity contribution >= 4 is 21.6 Å². The maximum atomic E-state index is 13.7. The van der Waals surface area contributed by atoms with Crippen LogP contribution in [0.1, 0.15) is 24.0 Å². The molecule has 5 rings (SSSR count). The maximum Gasteiger partial charge on any atom is 0.416 e. The molecule has 0 atom stereocenters. The molecule has 1 heterocycles. The van der Waals surface area contributed by atoms with Gasteiger partial charge in [0.15, 0.2) is 11.5 Å². The highest BCUT2D eigenvalue weighted by molar-refractivity contribution is 7.89. The molecule has 1 saturated carbocycles. The molecule has 35 heavy (non-hydrogen) atoms. The van der Waals surface area contributed by atoms with Crippen molar-refractivity contribution in [2.75, 3.05) is 12.1 Å².